The number of halogens is 1. The molecule has 0 unspecified atom stereocenters. The van der Waals surface area contributed by atoms with E-state index in [1.54, 1.807) is 18.2 Å². The normalized spacial score (nSPS) is 11.6. The number of fused-ring (bicyclic) bond motifs is 1. The number of carbonyl (C=O) groups is 2. The fourth-order valence-electron chi connectivity index (χ4n) is 2.41. The lowest BCUT2D eigenvalue weighted by molar-refractivity contribution is -0.384. The summed E-state index contributed by atoms with van der Waals surface area (Å²) < 4.78 is 5.16. The van der Waals surface area contributed by atoms with Crippen molar-refractivity contribution < 1.29 is 19.2 Å². The number of para-hydroxylation sites is 1. The number of amides is 1. The molecule has 1 heterocycles. The lowest BCUT2D eigenvalue weighted by Gasteiger charge is -2.14. The number of anilines is 1. The molecule has 9 heteroatoms. The van der Waals surface area contributed by atoms with Crippen molar-refractivity contribution >= 4 is 45.8 Å². The molecule has 0 aliphatic rings. The van der Waals surface area contributed by atoms with Gasteiger partial charge in [-0.2, -0.15) is 0 Å². The van der Waals surface area contributed by atoms with Gasteiger partial charge in [0.2, 0.25) is 0 Å². The Hall–Kier alpha value is -3.52. The van der Waals surface area contributed by atoms with Crippen molar-refractivity contribution in [3.05, 3.63) is 75.4 Å². The van der Waals surface area contributed by atoms with Crippen molar-refractivity contribution in [2.24, 2.45) is 0 Å². The van der Waals surface area contributed by atoms with Crippen LogP contribution >= 0.6 is 11.6 Å². The molecule has 0 spiro atoms. The van der Waals surface area contributed by atoms with Crippen molar-refractivity contribution in [2.75, 3.05) is 5.32 Å². The lowest BCUT2D eigenvalue weighted by Crippen LogP contribution is -2.30. The Morgan fingerprint density at radius 2 is 1.93 bits per heavy atom. The standard InChI is InChI=1S/C19H14ClN3O5/c1-11(18(24)22-16-9-7-13(23(26)27)10-14(16)20)28-19(25)17-8-6-12-4-2-3-5-15(12)21-17/h2-11H,1H3,(H,22,24)/t11-/m0/s1. The number of hydrogen-bond donors (Lipinski definition) is 1. The minimum atomic E-state index is -1.13. The predicted octanol–water partition coefficient (Wildman–Crippen LogP) is 3.98. The minimum absolute atomic E-state index is 0.00253. The molecule has 1 atom stereocenters. The topological polar surface area (TPSA) is 111 Å². The maximum Gasteiger partial charge on any atom is 0.357 e. The molecule has 8 nitrogen and oxygen atoms in total. The number of nitrogens with zero attached hydrogens (tertiary/aromatic N) is 2. The summed E-state index contributed by atoms with van der Waals surface area (Å²) in [6.45, 7) is 1.40. The lowest BCUT2D eigenvalue weighted by atomic mass is 10.2. The first-order valence-corrected chi connectivity index (χ1v) is 8.54. The van der Waals surface area contributed by atoms with Gasteiger partial charge in [0.25, 0.3) is 11.6 Å². The summed E-state index contributed by atoms with van der Waals surface area (Å²) in [4.78, 5) is 38.9. The zero-order chi connectivity index (χ0) is 20.3. The number of nitro groups is 1. The van der Waals surface area contributed by atoms with E-state index in [1.807, 2.05) is 12.1 Å². The highest BCUT2D eigenvalue weighted by Gasteiger charge is 2.21. The molecule has 2 aromatic carbocycles. The number of nitro benzene ring substituents is 1. The van der Waals surface area contributed by atoms with Gasteiger partial charge in [0.05, 0.1) is 21.2 Å². The van der Waals surface area contributed by atoms with Crippen LogP contribution in [-0.4, -0.2) is 27.9 Å². The Morgan fingerprint density at radius 1 is 1.18 bits per heavy atom. The van der Waals surface area contributed by atoms with Crippen LogP contribution in [-0.2, 0) is 9.53 Å². The van der Waals surface area contributed by atoms with Crippen molar-refractivity contribution in [3.8, 4) is 0 Å². The molecule has 0 bridgehead atoms. The van der Waals surface area contributed by atoms with Gasteiger partial charge in [-0.15, -0.1) is 0 Å². The number of non-ortho nitro benzene ring substituents is 1. The van der Waals surface area contributed by atoms with Gasteiger partial charge in [-0.3, -0.25) is 14.9 Å². The first kappa shape index (κ1) is 19.2. The van der Waals surface area contributed by atoms with Crippen molar-refractivity contribution in [2.45, 2.75) is 13.0 Å². The zero-order valence-electron chi connectivity index (χ0n) is 14.6. The van der Waals surface area contributed by atoms with Gasteiger partial charge in [-0.1, -0.05) is 35.9 Å². The van der Waals surface area contributed by atoms with Crippen LogP contribution in [0.2, 0.25) is 5.02 Å². The van der Waals surface area contributed by atoms with E-state index in [0.29, 0.717) is 5.52 Å². The van der Waals surface area contributed by atoms with Crippen LogP contribution in [0.25, 0.3) is 10.9 Å². The molecule has 142 valence electrons. The molecule has 0 aliphatic heterocycles. The summed E-state index contributed by atoms with van der Waals surface area (Å²) >= 11 is 5.94. The predicted molar refractivity (Wildman–Crippen MR) is 103 cm³/mol. The summed E-state index contributed by atoms with van der Waals surface area (Å²) in [5, 5.41) is 14.1. The Morgan fingerprint density at radius 3 is 2.64 bits per heavy atom. The van der Waals surface area contributed by atoms with Crippen LogP contribution in [0.5, 0.6) is 0 Å². The number of aromatic nitrogens is 1. The van der Waals surface area contributed by atoms with Crippen LogP contribution in [0.1, 0.15) is 17.4 Å². The number of rotatable bonds is 5. The maximum atomic E-state index is 12.3. The Labute approximate surface area is 164 Å². The van der Waals surface area contributed by atoms with Gasteiger partial charge >= 0.3 is 5.97 Å². The number of hydrogen-bond acceptors (Lipinski definition) is 6. The van der Waals surface area contributed by atoms with Crippen LogP contribution in [0.3, 0.4) is 0 Å². The van der Waals surface area contributed by atoms with Gasteiger partial charge in [-0.25, -0.2) is 9.78 Å². The van der Waals surface area contributed by atoms with Gasteiger partial charge in [0.15, 0.2) is 6.10 Å². The number of ether oxygens (including phenoxy) is 1. The summed E-state index contributed by atoms with van der Waals surface area (Å²) in [5.74, 6) is -1.38. The SMILES string of the molecule is C[C@H](OC(=O)c1ccc2ccccc2n1)C(=O)Nc1ccc([N+](=O)[O-])cc1Cl. The first-order chi connectivity index (χ1) is 13.3. The third-order valence-corrected chi connectivity index (χ3v) is 4.19. The molecule has 1 aromatic heterocycles. The quantitative estimate of drug-likeness (QED) is 0.394. The third kappa shape index (κ3) is 4.24. The molecule has 0 saturated heterocycles. The van der Waals surface area contributed by atoms with E-state index in [2.05, 4.69) is 10.3 Å². The van der Waals surface area contributed by atoms with Crippen LogP contribution in [0, 0.1) is 10.1 Å². The van der Waals surface area contributed by atoms with Crippen LogP contribution < -0.4 is 5.32 Å². The average molecular weight is 400 g/mol. The summed E-state index contributed by atoms with van der Waals surface area (Å²) in [6, 6.07) is 14.2. The molecular weight excluding hydrogens is 386 g/mol. The van der Waals surface area contributed by atoms with Gasteiger partial charge in [0, 0.05) is 17.5 Å². The molecular formula is C19H14ClN3O5. The second-order valence-electron chi connectivity index (χ2n) is 5.85. The maximum absolute atomic E-state index is 12.3. The third-order valence-electron chi connectivity index (χ3n) is 3.88. The second kappa shape index (κ2) is 8.01. The van der Waals surface area contributed by atoms with E-state index in [9.17, 15) is 19.7 Å². The molecule has 0 saturated carbocycles. The molecule has 0 radical (unpaired) electrons. The largest absolute Gasteiger partial charge is 0.448 e. The number of carbonyl (C=O) groups excluding carboxylic acids is 2. The monoisotopic (exact) mass is 399 g/mol. The van der Waals surface area contributed by atoms with Gasteiger partial charge in [-0.05, 0) is 25.1 Å². The molecule has 0 aliphatic carbocycles. The van der Waals surface area contributed by atoms with E-state index in [0.717, 1.165) is 11.5 Å². The summed E-state index contributed by atoms with van der Waals surface area (Å²) in [5.41, 5.74) is 0.673. The van der Waals surface area contributed by atoms with Crippen molar-refractivity contribution in [3.63, 3.8) is 0 Å². The second-order valence-corrected chi connectivity index (χ2v) is 6.25. The Bertz CT molecular complexity index is 1090. The number of pyridine rings is 1. The average Bonchev–Trinajstić information content (AvgIpc) is 2.68. The molecule has 3 rings (SSSR count). The van der Waals surface area contributed by atoms with Crippen LogP contribution in [0.15, 0.2) is 54.6 Å². The number of esters is 1. The Balaban J connectivity index is 1.67. The van der Waals surface area contributed by atoms with E-state index in [1.165, 1.54) is 25.1 Å². The smallest absolute Gasteiger partial charge is 0.357 e. The molecule has 1 amide bonds. The highest BCUT2D eigenvalue weighted by molar-refractivity contribution is 6.34. The fourth-order valence-corrected chi connectivity index (χ4v) is 2.63. The first-order valence-electron chi connectivity index (χ1n) is 8.17. The highest BCUT2D eigenvalue weighted by atomic mass is 35.5. The van der Waals surface area contributed by atoms with E-state index in [4.69, 9.17) is 16.3 Å². The fraction of sp³-hybridized carbons (Fsp3) is 0.105. The molecule has 3 aromatic rings. The van der Waals surface area contributed by atoms with Gasteiger partial charge in [0.1, 0.15) is 5.69 Å². The van der Waals surface area contributed by atoms with Crippen molar-refractivity contribution in [1.82, 2.24) is 4.98 Å². The molecule has 1 N–H and O–H groups in total. The van der Waals surface area contributed by atoms with Crippen molar-refractivity contribution in [1.29, 1.82) is 0 Å². The van der Waals surface area contributed by atoms with E-state index in [-0.39, 0.29) is 22.1 Å². The minimum Gasteiger partial charge on any atom is -0.448 e. The van der Waals surface area contributed by atoms with E-state index >= 15 is 0 Å². The number of nitrogens with one attached hydrogen (secondary N) is 1. The summed E-state index contributed by atoms with van der Waals surface area (Å²) in [7, 11) is 0. The van der Waals surface area contributed by atoms with Gasteiger partial charge < -0.3 is 10.1 Å². The molecule has 28 heavy (non-hydrogen) atoms. The molecule has 0 fully saturated rings. The van der Waals surface area contributed by atoms with E-state index < -0.39 is 22.9 Å². The summed E-state index contributed by atoms with van der Waals surface area (Å²) in [6.07, 6.45) is -1.13. The number of benzene rings is 2. The van der Waals surface area contributed by atoms with Crippen LogP contribution in [0.4, 0.5) is 11.4 Å². The highest BCUT2D eigenvalue weighted by Crippen LogP contribution is 2.26. The zero-order valence-corrected chi connectivity index (χ0v) is 15.3. The Kier molecular flexibility index (Phi) is 5.51.